The zero-order valence-electron chi connectivity index (χ0n) is 9.36. The molecular formula is C11H14N2O2S. The lowest BCUT2D eigenvalue weighted by molar-refractivity contribution is 0.272. The Morgan fingerprint density at radius 2 is 2.31 bits per heavy atom. The van der Waals surface area contributed by atoms with Crippen molar-refractivity contribution in [3.05, 3.63) is 27.1 Å². The lowest BCUT2D eigenvalue weighted by Crippen LogP contribution is -2.24. The largest absolute Gasteiger partial charge is 0.395 e. The highest BCUT2D eigenvalue weighted by Gasteiger charge is 2.10. The molecule has 2 rings (SSSR count). The molecule has 2 heterocycles. The molecule has 1 N–H and O–H groups in total. The first-order valence-corrected chi connectivity index (χ1v) is 6.09. The van der Waals surface area contributed by atoms with E-state index in [0.29, 0.717) is 17.8 Å². The summed E-state index contributed by atoms with van der Waals surface area (Å²) in [6.07, 6.45) is 0.916. The van der Waals surface area contributed by atoms with E-state index >= 15 is 0 Å². The fourth-order valence-corrected chi connectivity index (χ4v) is 2.71. The van der Waals surface area contributed by atoms with Crippen LogP contribution in [0, 0.1) is 6.92 Å². The molecule has 0 amide bonds. The summed E-state index contributed by atoms with van der Waals surface area (Å²) < 4.78 is 1.52. The summed E-state index contributed by atoms with van der Waals surface area (Å²) in [6.45, 7) is 4.12. The zero-order chi connectivity index (χ0) is 11.7. The molecule has 4 nitrogen and oxygen atoms in total. The van der Waals surface area contributed by atoms with Crippen LogP contribution in [0.2, 0.25) is 0 Å². The van der Waals surface area contributed by atoms with Gasteiger partial charge in [-0.3, -0.25) is 9.36 Å². The zero-order valence-corrected chi connectivity index (χ0v) is 10.2. The van der Waals surface area contributed by atoms with Crippen molar-refractivity contribution < 1.29 is 5.11 Å². The number of aromatic nitrogens is 2. The first kappa shape index (κ1) is 11.3. The Morgan fingerprint density at radius 3 is 2.94 bits per heavy atom. The number of aliphatic hydroxyl groups excluding tert-OH is 1. The van der Waals surface area contributed by atoms with Gasteiger partial charge >= 0.3 is 0 Å². The number of aliphatic hydroxyl groups is 1. The number of hydrogen-bond donors (Lipinski definition) is 1. The average Bonchev–Trinajstić information content (AvgIpc) is 2.67. The molecule has 0 aliphatic carbocycles. The maximum atomic E-state index is 12.1. The predicted octanol–water partition coefficient (Wildman–Crippen LogP) is 1.32. The molecule has 2 aromatic heterocycles. The van der Waals surface area contributed by atoms with Crippen LogP contribution in [0.4, 0.5) is 0 Å². The van der Waals surface area contributed by atoms with E-state index < -0.39 is 0 Å². The number of hydrogen-bond acceptors (Lipinski definition) is 4. The fraction of sp³-hybridized carbons (Fsp3) is 0.455. The van der Waals surface area contributed by atoms with Crippen molar-refractivity contribution in [1.82, 2.24) is 9.55 Å². The molecule has 0 aromatic carbocycles. The van der Waals surface area contributed by atoms with Gasteiger partial charge in [-0.25, -0.2) is 4.98 Å². The van der Waals surface area contributed by atoms with Gasteiger partial charge in [0.1, 0.15) is 10.7 Å². The van der Waals surface area contributed by atoms with Gasteiger partial charge in [0.05, 0.1) is 18.5 Å². The van der Waals surface area contributed by atoms with Gasteiger partial charge < -0.3 is 5.11 Å². The lowest BCUT2D eigenvalue weighted by Gasteiger charge is -2.06. The molecule has 0 unspecified atom stereocenters. The molecule has 0 radical (unpaired) electrons. The molecule has 86 valence electrons. The van der Waals surface area contributed by atoms with Crippen molar-refractivity contribution in [2.45, 2.75) is 26.8 Å². The van der Waals surface area contributed by atoms with Gasteiger partial charge in [-0.05, 0) is 19.4 Å². The standard InChI is InChI=1S/C11H14N2O2S/c1-3-8-6-9-10(16-8)12-7(2)13(4-5-14)11(9)15/h6,14H,3-5H2,1-2H3. The molecule has 0 saturated carbocycles. The summed E-state index contributed by atoms with van der Waals surface area (Å²) in [5, 5.41) is 9.57. The molecule has 0 saturated heterocycles. The lowest BCUT2D eigenvalue weighted by atomic mass is 10.3. The van der Waals surface area contributed by atoms with Crippen LogP contribution in [0.1, 0.15) is 17.6 Å². The van der Waals surface area contributed by atoms with Gasteiger partial charge in [-0.1, -0.05) is 6.92 Å². The molecule has 5 heteroatoms. The van der Waals surface area contributed by atoms with E-state index in [1.807, 2.05) is 6.07 Å². The van der Waals surface area contributed by atoms with E-state index in [9.17, 15) is 4.79 Å². The first-order chi connectivity index (χ1) is 7.67. The molecule has 0 fully saturated rings. The maximum absolute atomic E-state index is 12.1. The molecule has 0 atom stereocenters. The van der Waals surface area contributed by atoms with Crippen LogP contribution in [0.25, 0.3) is 10.2 Å². The number of rotatable bonds is 3. The summed E-state index contributed by atoms with van der Waals surface area (Å²) in [7, 11) is 0. The number of thiophene rings is 1. The second-order valence-corrected chi connectivity index (χ2v) is 4.74. The predicted molar refractivity (Wildman–Crippen MR) is 65.1 cm³/mol. The molecule has 0 aliphatic heterocycles. The highest BCUT2D eigenvalue weighted by atomic mass is 32.1. The van der Waals surface area contributed by atoms with Crippen molar-refractivity contribution in [1.29, 1.82) is 0 Å². The molecule has 0 bridgehead atoms. The van der Waals surface area contributed by atoms with Crippen LogP contribution in [0.3, 0.4) is 0 Å². The van der Waals surface area contributed by atoms with Crippen molar-refractivity contribution in [3.63, 3.8) is 0 Å². The summed E-state index contributed by atoms with van der Waals surface area (Å²) >= 11 is 1.57. The Labute approximate surface area is 97.2 Å². The number of fused-ring (bicyclic) bond motifs is 1. The average molecular weight is 238 g/mol. The highest BCUT2D eigenvalue weighted by Crippen LogP contribution is 2.21. The fourth-order valence-electron chi connectivity index (χ4n) is 1.70. The number of aryl methyl sites for hydroxylation is 2. The molecular weight excluding hydrogens is 224 g/mol. The van der Waals surface area contributed by atoms with E-state index in [1.54, 1.807) is 18.3 Å². The minimum Gasteiger partial charge on any atom is -0.395 e. The van der Waals surface area contributed by atoms with Crippen molar-refractivity contribution in [2.75, 3.05) is 6.61 Å². The minimum atomic E-state index is -0.0486. The second-order valence-electron chi connectivity index (χ2n) is 3.62. The van der Waals surface area contributed by atoms with Crippen molar-refractivity contribution in [3.8, 4) is 0 Å². The van der Waals surface area contributed by atoms with Gasteiger partial charge in [0, 0.05) is 4.88 Å². The Kier molecular flexibility index (Phi) is 3.07. The van der Waals surface area contributed by atoms with Gasteiger partial charge in [-0.15, -0.1) is 11.3 Å². The third-order valence-electron chi connectivity index (χ3n) is 2.57. The van der Waals surface area contributed by atoms with Crippen molar-refractivity contribution in [2.24, 2.45) is 0 Å². The molecule has 0 spiro atoms. The first-order valence-electron chi connectivity index (χ1n) is 5.28. The monoisotopic (exact) mass is 238 g/mol. The van der Waals surface area contributed by atoms with Gasteiger partial charge in [-0.2, -0.15) is 0 Å². The van der Waals surface area contributed by atoms with E-state index in [2.05, 4.69) is 11.9 Å². The van der Waals surface area contributed by atoms with Gasteiger partial charge in [0.25, 0.3) is 5.56 Å². The summed E-state index contributed by atoms with van der Waals surface area (Å²) in [4.78, 5) is 18.4. The van der Waals surface area contributed by atoms with Crippen LogP contribution in [-0.4, -0.2) is 21.3 Å². The van der Waals surface area contributed by atoms with Crippen molar-refractivity contribution >= 4 is 21.6 Å². The smallest absolute Gasteiger partial charge is 0.262 e. The van der Waals surface area contributed by atoms with E-state index in [1.165, 1.54) is 9.44 Å². The highest BCUT2D eigenvalue weighted by molar-refractivity contribution is 7.18. The molecule has 2 aromatic rings. The van der Waals surface area contributed by atoms with Crippen LogP contribution >= 0.6 is 11.3 Å². The van der Waals surface area contributed by atoms with Crippen LogP contribution in [0.5, 0.6) is 0 Å². The summed E-state index contributed by atoms with van der Waals surface area (Å²) in [6, 6.07) is 1.91. The van der Waals surface area contributed by atoms with E-state index in [0.717, 1.165) is 11.3 Å². The Bertz CT molecular complexity index is 571. The topological polar surface area (TPSA) is 55.1 Å². The van der Waals surface area contributed by atoms with Gasteiger partial charge in [0.2, 0.25) is 0 Å². The molecule has 16 heavy (non-hydrogen) atoms. The third-order valence-corrected chi connectivity index (χ3v) is 3.74. The normalized spacial score (nSPS) is 11.2. The quantitative estimate of drug-likeness (QED) is 0.877. The summed E-state index contributed by atoms with van der Waals surface area (Å²) in [5.41, 5.74) is -0.0486. The van der Waals surface area contributed by atoms with E-state index in [-0.39, 0.29) is 12.2 Å². The molecule has 0 aliphatic rings. The maximum Gasteiger partial charge on any atom is 0.262 e. The second kappa shape index (κ2) is 4.35. The van der Waals surface area contributed by atoms with Crippen LogP contribution in [-0.2, 0) is 13.0 Å². The van der Waals surface area contributed by atoms with Gasteiger partial charge in [0.15, 0.2) is 0 Å². The van der Waals surface area contributed by atoms with E-state index in [4.69, 9.17) is 5.11 Å². The Hall–Kier alpha value is -1.20. The number of nitrogens with zero attached hydrogens (tertiary/aromatic N) is 2. The van der Waals surface area contributed by atoms with Crippen LogP contribution < -0.4 is 5.56 Å². The summed E-state index contributed by atoms with van der Waals surface area (Å²) in [5.74, 6) is 0.663. The minimum absolute atomic E-state index is 0.0430. The third kappa shape index (κ3) is 1.76. The Morgan fingerprint density at radius 1 is 1.56 bits per heavy atom. The van der Waals surface area contributed by atoms with Crippen LogP contribution in [0.15, 0.2) is 10.9 Å². The Balaban J connectivity index is 2.71. The SMILES string of the molecule is CCc1cc2c(=O)n(CCO)c(C)nc2s1.